The van der Waals surface area contributed by atoms with Crippen molar-refractivity contribution in [3.8, 4) is 0 Å². The molecule has 2 fully saturated rings. The Bertz CT molecular complexity index is 941. The highest BCUT2D eigenvalue weighted by atomic mass is 79.9. The summed E-state index contributed by atoms with van der Waals surface area (Å²) in [6, 6.07) is 17.9. The molecule has 2 aliphatic rings. The van der Waals surface area contributed by atoms with Crippen molar-refractivity contribution in [2.24, 2.45) is 0 Å². The third-order valence-electron chi connectivity index (χ3n) is 5.40. The van der Waals surface area contributed by atoms with E-state index in [2.05, 4.69) is 31.9 Å². The molecule has 29 heavy (non-hydrogen) atoms. The maximum Gasteiger partial charge on any atom is 0.331 e. The molecule has 0 bridgehead atoms. The molecule has 4 rings (SSSR count). The lowest BCUT2D eigenvalue weighted by Gasteiger charge is -2.46. The Morgan fingerprint density at radius 3 is 2.00 bits per heavy atom. The van der Waals surface area contributed by atoms with E-state index in [1.54, 1.807) is 13.8 Å². The molecule has 5 nitrogen and oxygen atoms in total. The van der Waals surface area contributed by atoms with Crippen LogP contribution in [-0.4, -0.2) is 40.4 Å². The average molecular weight is 541 g/mol. The normalized spacial score (nSPS) is 26.7. The number of nitrogens with zero attached hydrogens (tertiary/aromatic N) is 1. The first-order valence-electron chi connectivity index (χ1n) is 9.09. The highest BCUT2D eigenvalue weighted by Gasteiger charge is 2.73. The number of alkyl halides is 2. The van der Waals surface area contributed by atoms with Crippen LogP contribution in [0.3, 0.4) is 0 Å². The summed E-state index contributed by atoms with van der Waals surface area (Å²) in [6.45, 7) is 3.47. The van der Waals surface area contributed by atoms with E-state index in [0.29, 0.717) is 0 Å². The molecule has 2 aromatic rings. The summed E-state index contributed by atoms with van der Waals surface area (Å²) in [7, 11) is -1.46. The van der Waals surface area contributed by atoms with Crippen LogP contribution in [-0.2, 0) is 25.1 Å². The number of β-lactam (4-membered cyclic amide) rings is 1. The Labute approximate surface area is 188 Å². The second kappa shape index (κ2) is 7.32. The van der Waals surface area contributed by atoms with E-state index in [-0.39, 0.29) is 5.91 Å². The SMILES string of the molecule is CC1(C)[C@H](C(=O)OC(c2ccccc2)c2ccccc2)N2C(=O)C(Br)(Br)[C@H]2S1=O. The summed E-state index contributed by atoms with van der Waals surface area (Å²) in [4.78, 5) is 27.3. The highest BCUT2D eigenvalue weighted by Crippen LogP contribution is 2.55. The molecule has 0 spiro atoms. The highest BCUT2D eigenvalue weighted by molar-refractivity contribution is 9.26. The van der Waals surface area contributed by atoms with Gasteiger partial charge in [-0.3, -0.25) is 9.00 Å². The van der Waals surface area contributed by atoms with Gasteiger partial charge in [-0.2, -0.15) is 0 Å². The Kier molecular flexibility index (Phi) is 5.24. The maximum atomic E-state index is 13.3. The second-order valence-electron chi connectivity index (χ2n) is 7.63. The van der Waals surface area contributed by atoms with E-state index in [0.717, 1.165) is 11.1 Å². The van der Waals surface area contributed by atoms with Gasteiger partial charge in [-0.25, -0.2) is 4.79 Å². The number of hydrogen-bond donors (Lipinski definition) is 0. The monoisotopic (exact) mass is 539 g/mol. The zero-order valence-corrected chi connectivity index (χ0v) is 19.7. The van der Waals surface area contributed by atoms with Crippen LogP contribution < -0.4 is 0 Å². The fourth-order valence-electron chi connectivity index (χ4n) is 3.88. The summed E-state index contributed by atoms with van der Waals surface area (Å²) in [5.74, 6) is -0.883. The molecule has 2 heterocycles. The molecule has 2 saturated heterocycles. The number of fused-ring (bicyclic) bond motifs is 1. The Hall–Kier alpha value is -1.51. The summed E-state index contributed by atoms with van der Waals surface area (Å²) in [5, 5.41) is -0.630. The zero-order chi connectivity index (χ0) is 21.0. The van der Waals surface area contributed by atoms with E-state index in [1.165, 1.54) is 4.90 Å². The number of carbonyl (C=O) groups excluding carboxylic acids is 2. The van der Waals surface area contributed by atoms with Crippen molar-refractivity contribution in [1.82, 2.24) is 4.90 Å². The molecule has 0 radical (unpaired) electrons. The van der Waals surface area contributed by atoms with Gasteiger partial charge in [0, 0.05) is 0 Å². The lowest BCUT2D eigenvalue weighted by molar-refractivity contribution is -0.164. The van der Waals surface area contributed by atoms with E-state index in [9.17, 15) is 13.8 Å². The molecule has 1 amide bonds. The van der Waals surface area contributed by atoms with Gasteiger partial charge in [-0.05, 0) is 25.0 Å². The first kappa shape index (κ1) is 20.8. The lowest BCUT2D eigenvalue weighted by Crippen LogP contribution is -2.69. The van der Waals surface area contributed by atoms with Gasteiger partial charge in [0.2, 0.25) is 0 Å². The summed E-state index contributed by atoms with van der Waals surface area (Å²) in [6.07, 6.45) is -0.623. The van der Waals surface area contributed by atoms with E-state index < -0.39 is 42.3 Å². The molecular formula is C21H19Br2NO4S. The molecule has 3 atom stereocenters. The third kappa shape index (κ3) is 3.20. The number of carbonyl (C=O) groups is 2. The zero-order valence-electron chi connectivity index (χ0n) is 15.7. The molecule has 2 aliphatic heterocycles. The number of rotatable bonds is 4. The number of ether oxygens (including phenoxy) is 1. The predicted octanol–water partition coefficient (Wildman–Crippen LogP) is 3.88. The molecule has 0 aliphatic carbocycles. The molecule has 152 valence electrons. The smallest absolute Gasteiger partial charge is 0.331 e. The minimum absolute atomic E-state index is 0.320. The van der Waals surface area contributed by atoms with Crippen molar-refractivity contribution >= 4 is 54.5 Å². The van der Waals surface area contributed by atoms with Crippen molar-refractivity contribution in [2.75, 3.05) is 0 Å². The van der Waals surface area contributed by atoms with Crippen LogP contribution in [0.4, 0.5) is 0 Å². The Balaban J connectivity index is 1.68. The van der Waals surface area contributed by atoms with Gasteiger partial charge in [0.1, 0.15) is 11.4 Å². The van der Waals surface area contributed by atoms with Crippen LogP contribution in [0.5, 0.6) is 0 Å². The number of amides is 1. The second-order valence-corrected chi connectivity index (χ2v) is 13.3. The predicted molar refractivity (Wildman–Crippen MR) is 118 cm³/mol. The standard InChI is InChI=1S/C21H19Br2NO4S/c1-20(2)16(24-18(26)21(22,23)19(24)29(20)27)17(25)28-15(13-9-5-3-6-10-13)14-11-7-4-8-12-14/h3-12,15-16,19H,1-2H3/t16-,19+,29?/m0/s1. The van der Waals surface area contributed by atoms with Crippen molar-refractivity contribution in [1.29, 1.82) is 0 Å². The fourth-order valence-corrected chi connectivity index (χ4v) is 7.55. The molecule has 0 aromatic heterocycles. The van der Waals surface area contributed by atoms with Crippen molar-refractivity contribution in [3.63, 3.8) is 0 Å². The van der Waals surface area contributed by atoms with Gasteiger partial charge >= 0.3 is 5.97 Å². The van der Waals surface area contributed by atoms with Crippen LogP contribution in [0.15, 0.2) is 60.7 Å². The van der Waals surface area contributed by atoms with Crippen molar-refractivity contribution < 1.29 is 18.5 Å². The first-order valence-corrected chi connectivity index (χ1v) is 11.9. The maximum absolute atomic E-state index is 13.3. The molecule has 2 aromatic carbocycles. The molecule has 1 unspecified atom stereocenters. The lowest BCUT2D eigenvalue weighted by atomic mass is 9.97. The van der Waals surface area contributed by atoms with Gasteiger partial charge in [0.15, 0.2) is 9.34 Å². The summed E-state index contributed by atoms with van der Waals surface area (Å²) >= 11 is 6.62. The van der Waals surface area contributed by atoms with E-state index in [1.807, 2.05) is 60.7 Å². The fraction of sp³-hybridized carbons (Fsp3) is 0.333. The number of esters is 1. The van der Waals surface area contributed by atoms with Gasteiger partial charge in [-0.15, -0.1) is 0 Å². The topological polar surface area (TPSA) is 63.7 Å². The Morgan fingerprint density at radius 2 is 1.52 bits per heavy atom. The first-order chi connectivity index (χ1) is 13.7. The average Bonchev–Trinajstić information content (AvgIpc) is 2.92. The number of hydrogen-bond acceptors (Lipinski definition) is 4. The minimum atomic E-state index is -1.46. The van der Waals surface area contributed by atoms with Crippen molar-refractivity contribution in [3.05, 3.63) is 71.8 Å². The number of benzene rings is 2. The van der Waals surface area contributed by atoms with Crippen LogP contribution in [0.1, 0.15) is 31.1 Å². The van der Waals surface area contributed by atoms with Crippen LogP contribution in [0.2, 0.25) is 0 Å². The molecule has 8 heteroatoms. The van der Waals surface area contributed by atoms with Gasteiger partial charge in [-0.1, -0.05) is 92.5 Å². The Morgan fingerprint density at radius 1 is 1.03 bits per heavy atom. The van der Waals surface area contributed by atoms with E-state index >= 15 is 0 Å². The quantitative estimate of drug-likeness (QED) is 0.335. The minimum Gasteiger partial charge on any atom is -0.451 e. The molecule has 0 saturated carbocycles. The van der Waals surface area contributed by atoms with Gasteiger partial charge in [0.05, 0.1) is 15.5 Å². The summed E-state index contributed by atoms with van der Waals surface area (Å²) in [5.41, 5.74) is 1.65. The van der Waals surface area contributed by atoms with Crippen LogP contribution in [0.25, 0.3) is 0 Å². The van der Waals surface area contributed by atoms with Crippen LogP contribution >= 0.6 is 31.9 Å². The molecular weight excluding hydrogens is 522 g/mol. The van der Waals surface area contributed by atoms with Gasteiger partial charge in [0.25, 0.3) is 5.91 Å². The van der Waals surface area contributed by atoms with Gasteiger partial charge < -0.3 is 9.64 Å². The largest absolute Gasteiger partial charge is 0.451 e. The van der Waals surface area contributed by atoms with Crippen LogP contribution in [0, 0.1) is 0 Å². The number of halogens is 2. The molecule has 0 N–H and O–H groups in total. The summed E-state index contributed by atoms with van der Waals surface area (Å²) < 4.78 is 17.0. The van der Waals surface area contributed by atoms with Crippen molar-refractivity contribution in [2.45, 2.75) is 39.3 Å². The van der Waals surface area contributed by atoms with E-state index in [4.69, 9.17) is 4.74 Å². The third-order valence-corrected chi connectivity index (χ3v) is 9.80.